The van der Waals surface area contributed by atoms with Crippen LogP contribution in [0.3, 0.4) is 0 Å². The topological polar surface area (TPSA) is 26.3 Å². The van der Waals surface area contributed by atoms with E-state index < -0.39 is 5.97 Å². The summed E-state index contributed by atoms with van der Waals surface area (Å²) in [7, 11) is 1.33. The highest BCUT2D eigenvalue weighted by Crippen LogP contribution is 2.22. The van der Waals surface area contributed by atoms with Crippen LogP contribution in [-0.4, -0.2) is 13.1 Å². The molecule has 0 bridgehead atoms. The van der Waals surface area contributed by atoms with Crippen molar-refractivity contribution in [3.8, 4) is 0 Å². The van der Waals surface area contributed by atoms with Crippen molar-refractivity contribution in [2.24, 2.45) is 0 Å². The molecule has 0 aliphatic rings. The summed E-state index contributed by atoms with van der Waals surface area (Å²) in [5, 5.41) is 0.407. The maximum atomic E-state index is 11.2. The fourth-order valence-electron chi connectivity index (χ4n) is 1.11. The largest absolute Gasteiger partial charge is 0.465 e. The number of methoxy groups -OCH3 is 1. The second kappa shape index (κ2) is 4.47. The van der Waals surface area contributed by atoms with E-state index in [1.807, 2.05) is 13.0 Å². The summed E-state index contributed by atoms with van der Waals surface area (Å²) in [6.45, 7) is 5.83. The van der Waals surface area contributed by atoms with Gasteiger partial charge in [0.2, 0.25) is 0 Å². The average Bonchev–Trinajstić information content (AvgIpc) is 2.16. The zero-order valence-electron chi connectivity index (χ0n) is 8.21. The molecule has 1 aromatic carbocycles. The molecular weight excluding hydrogens is 200 g/mol. The zero-order valence-corrected chi connectivity index (χ0v) is 8.97. The Morgan fingerprint density at radius 2 is 2.21 bits per heavy atom. The summed E-state index contributed by atoms with van der Waals surface area (Å²) < 4.78 is 4.58. The van der Waals surface area contributed by atoms with E-state index >= 15 is 0 Å². The lowest BCUT2D eigenvalue weighted by atomic mass is 10.0. The minimum absolute atomic E-state index is 0.152. The highest BCUT2D eigenvalue weighted by molar-refractivity contribution is 6.33. The van der Waals surface area contributed by atoms with Crippen LogP contribution in [0.25, 0.3) is 0 Å². The van der Waals surface area contributed by atoms with Crippen molar-refractivity contribution >= 4 is 17.6 Å². The van der Waals surface area contributed by atoms with Gasteiger partial charge in [0.25, 0.3) is 0 Å². The summed E-state index contributed by atoms with van der Waals surface area (Å²) in [5.74, 6) is -0.266. The molecule has 0 aliphatic heterocycles. The molecule has 0 saturated carbocycles. The first-order valence-corrected chi connectivity index (χ1v) is 4.65. The molecule has 0 spiro atoms. The molecule has 3 heteroatoms. The molecule has 1 aromatic rings. The van der Waals surface area contributed by atoms with Gasteiger partial charge in [-0.05, 0) is 30.5 Å². The first kappa shape index (κ1) is 11.1. The second-order valence-corrected chi connectivity index (χ2v) is 3.54. The van der Waals surface area contributed by atoms with E-state index in [1.54, 1.807) is 12.1 Å². The van der Waals surface area contributed by atoms with Crippen LogP contribution in [-0.2, 0) is 4.74 Å². The fraction of sp³-hybridized carbons (Fsp3) is 0.273. The molecule has 0 aliphatic carbocycles. The minimum Gasteiger partial charge on any atom is -0.465 e. The Labute approximate surface area is 88.8 Å². The van der Waals surface area contributed by atoms with E-state index in [0.29, 0.717) is 10.6 Å². The van der Waals surface area contributed by atoms with Gasteiger partial charge in [0.05, 0.1) is 17.7 Å². The van der Waals surface area contributed by atoms with Crippen LogP contribution in [0.4, 0.5) is 0 Å². The van der Waals surface area contributed by atoms with Gasteiger partial charge in [-0.1, -0.05) is 24.6 Å². The standard InChI is InChI=1S/C11H12ClO2/c1-7(2)8-4-5-9(10(12)6-8)11(13)14-3/h4-7H,1H2,2-3H3. The first-order chi connectivity index (χ1) is 6.56. The van der Waals surface area contributed by atoms with Crippen LogP contribution in [0.2, 0.25) is 5.02 Å². The van der Waals surface area contributed by atoms with Crippen LogP contribution < -0.4 is 0 Å². The van der Waals surface area contributed by atoms with E-state index in [9.17, 15) is 4.79 Å². The summed E-state index contributed by atoms with van der Waals surface area (Å²) in [5.41, 5.74) is 1.39. The molecule has 0 N–H and O–H groups in total. The van der Waals surface area contributed by atoms with E-state index in [2.05, 4.69) is 11.7 Å². The molecular formula is C11H12ClO2. The SMILES string of the molecule is [CH2]C(C)c1ccc(C(=O)OC)c(Cl)c1. The first-order valence-electron chi connectivity index (χ1n) is 4.27. The molecule has 0 aromatic heterocycles. The predicted octanol–water partition coefficient (Wildman–Crippen LogP) is 3.06. The van der Waals surface area contributed by atoms with Crippen molar-refractivity contribution in [3.05, 3.63) is 41.3 Å². The summed E-state index contributed by atoms with van der Waals surface area (Å²) in [4.78, 5) is 11.2. The number of carbonyl (C=O) groups excluding carboxylic acids is 1. The van der Waals surface area contributed by atoms with Gasteiger partial charge in [-0.2, -0.15) is 0 Å². The molecule has 2 nitrogen and oxygen atoms in total. The van der Waals surface area contributed by atoms with Crippen molar-refractivity contribution in [2.45, 2.75) is 12.8 Å². The fourth-order valence-corrected chi connectivity index (χ4v) is 1.38. The van der Waals surface area contributed by atoms with E-state index in [-0.39, 0.29) is 5.92 Å². The van der Waals surface area contributed by atoms with Crippen LogP contribution >= 0.6 is 11.6 Å². The number of rotatable bonds is 2. The number of hydrogen-bond acceptors (Lipinski definition) is 2. The second-order valence-electron chi connectivity index (χ2n) is 3.13. The summed E-state index contributed by atoms with van der Waals surface area (Å²) in [6, 6.07) is 5.23. The average molecular weight is 212 g/mol. The Balaban J connectivity index is 3.07. The quantitative estimate of drug-likeness (QED) is 0.703. The molecule has 14 heavy (non-hydrogen) atoms. The highest BCUT2D eigenvalue weighted by atomic mass is 35.5. The van der Waals surface area contributed by atoms with Crippen LogP contribution in [0.15, 0.2) is 18.2 Å². The van der Waals surface area contributed by atoms with Gasteiger partial charge in [-0.3, -0.25) is 0 Å². The van der Waals surface area contributed by atoms with Crippen LogP contribution in [0.5, 0.6) is 0 Å². The Bertz CT molecular complexity index is 345. The molecule has 0 heterocycles. The number of esters is 1. The molecule has 1 rings (SSSR count). The van der Waals surface area contributed by atoms with Crippen molar-refractivity contribution in [2.75, 3.05) is 7.11 Å². The smallest absolute Gasteiger partial charge is 0.339 e. The third-order valence-electron chi connectivity index (χ3n) is 1.97. The van der Waals surface area contributed by atoms with E-state index in [0.717, 1.165) is 5.56 Å². The molecule has 1 atom stereocenters. The molecule has 1 radical (unpaired) electrons. The predicted molar refractivity (Wildman–Crippen MR) is 56.6 cm³/mol. The maximum absolute atomic E-state index is 11.2. The lowest BCUT2D eigenvalue weighted by molar-refractivity contribution is 0.0601. The van der Waals surface area contributed by atoms with Gasteiger partial charge in [0, 0.05) is 0 Å². The van der Waals surface area contributed by atoms with Gasteiger partial charge in [-0.25, -0.2) is 4.79 Å². The normalized spacial score (nSPS) is 10.4. The third-order valence-corrected chi connectivity index (χ3v) is 2.28. The summed E-state index contributed by atoms with van der Waals surface area (Å²) in [6.07, 6.45) is 0. The Morgan fingerprint density at radius 3 is 2.64 bits per heavy atom. The van der Waals surface area contributed by atoms with Crippen LogP contribution in [0, 0.1) is 6.92 Å². The molecule has 1 unspecified atom stereocenters. The molecule has 0 fully saturated rings. The van der Waals surface area contributed by atoms with E-state index in [1.165, 1.54) is 7.11 Å². The number of benzene rings is 1. The zero-order chi connectivity index (χ0) is 10.7. The Kier molecular flexibility index (Phi) is 3.53. The molecule has 0 saturated heterocycles. The van der Waals surface area contributed by atoms with Gasteiger partial charge in [-0.15, -0.1) is 0 Å². The Hall–Kier alpha value is -1.02. The monoisotopic (exact) mass is 211 g/mol. The highest BCUT2D eigenvalue weighted by Gasteiger charge is 2.11. The summed E-state index contributed by atoms with van der Waals surface area (Å²) >= 11 is 5.92. The van der Waals surface area contributed by atoms with Crippen molar-refractivity contribution in [1.82, 2.24) is 0 Å². The van der Waals surface area contributed by atoms with Gasteiger partial charge in [0.15, 0.2) is 0 Å². The maximum Gasteiger partial charge on any atom is 0.339 e. The minimum atomic E-state index is -0.418. The number of halogens is 1. The van der Waals surface area contributed by atoms with Crippen molar-refractivity contribution in [1.29, 1.82) is 0 Å². The van der Waals surface area contributed by atoms with Gasteiger partial charge >= 0.3 is 5.97 Å². The lowest BCUT2D eigenvalue weighted by Gasteiger charge is -2.07. The van der Waals surface area contributed by atoms with Crippen molar-refractivity contribution in [3.63, 3.8) is 0 Å². The van der Waals surface area contributed by atoms with Crippen LogP contribution in [0.1, 0.15) is 28.8 Å². The molecule has 75 valence electrons. The molecule has 0 amide bonds. The number of carbonyl (C=O) groups is 1. The number of ether oxygens (including phenoxy) is 1. The lowest BCUT2D eigenvalue weighted by Crippen LogP contribution is -2.02. The van der Waals surface area contributed by atoms with Gasteiger partial charge < -0.3 is 4.74 Å². The third kappa shape index (κ3) is 2.26. The van der Waals surface area contributed by atoms with E-state index in [4.69, 9.17) is 11.6 Å². The van der Waals surface area contributed by atoms with Gasteiger partial charge in [0.1, 0.15) is 0 Å². The van der Waals surface area contributed by atoms with Crippen molar-refractivity contribution < 1.29 is 9.53 Å². The Morgan fingerprint density at radius 1 is 1.57 bits per heavy atom. The number of hydrogen-bond donors (Lipinski definition) is 0.